The van der Waals surface area contributed by atoms with E-state index in [9.17, 15) is 0 Å². The van der Waals surface area contributed by atoms with Crippen molar-refractivity contribution in [1.29, 1.82) is 0 Å². The van der Waals surface area contributed by atoms with Crippen LogP contribution in [0.4, 0.5) is 5.69 Å². The molecule has 3 rings (SSSR count). The van der Waals surface area contributed by atoms with E-state index in [1.807, 2.05) is 6.07 Å². The lowest BCUT2D eigenvalue weighted by Crippen LogP contribution is -2.41. The fourth-order valence-corrected chi connectivity index (χ4v) is 3.81. The van der Waals surface area contributed by atoms with E-state index in [1.54, 1.807) is 0 Å². The van der Waals surface area contributed by atoms with Gasteiger partial charge in [0.05, 0.1) is 0 Å². The van der Waals surface area contributed by atoms with Crippen LogP contribution in [0, 0.1) is 0 Å². The molecule has 0 amide bonds. The van der Waals surface area contributed by atoms with Crippen LogP contribution in [0.5, 0.6) is 0 Å². The van der Waals surface area contributed by atoms with E-state index < -0.39 is 0 Å². The van der Waals surface area contributed by atoms with Crippen molar-refractivity contribution in [2.75, 3.05) is 23.0 Å². The number of anilines is 1. The molecule has 1 saturated carbocycles. The van der Waals surface area contributed by atoms with Crippen molar-refractivity contribution in [3.8, 4) is 0 Å². The van der Waals surface area contributed by atoms with Gasteiger partial charge in [-0.1, -0.05) is 11.6 Å². The SMILES string of the molecule is CC1CSCCN1c1ccc(Cl)cc1CNC1CC1. The average Bonchev–Trinajstić information content (AvgIpc) is 3.22. The summed E-state index contributed by atoms with van der Waals surface area (Å²) >= 11 is 8.23. The summed E-state index contributed by atoms with van der Waals surface area (Å²) in [7, 11) is 0. The molecule has 1 aromatic carbocycles. The minimum Gasteiger partial charge on any atom is -0.367 e. The Hall–Kier alpha value is -0.380. The first-order valence-electron chi connectivity index (χ1n) is 7.10. The van der Waals surface area contributed by atoms with E-state index in [-0.39, 0.29) is 0 Å². The third-order valence-electron chi connectivity index (χ3n) is 3.88. The van der Waals surface area contributed by atoms with E-state index in [1.165, 1.54) is 35.6 Å². The van der Waals surface area contributed by atoms with E-state index in [0.29, 0.717) is 6.04 Å². The van der Waals surface area contributed by atoms with Gasteiger partial charge >= 0.3 is 0 Å². The molecule has 1 unspecified atom stereocenters. The van der Waals surface area contributed by atoms with Gasteiger partial charge in [0.2, 0.25) is 0 Å². The predicted molar refractivity (Wildman–Crippen MR) is 85.4 cm³/mol. The molecule has 1 atom stereocenters. The highest BCUT2D eigenvalue weighted by molar-refractivity contribution is 7.99. The molecule has 2 aliphatic rings. The standard InChI is InChI=1S/C15H21ClN2S/c1-11-10-19-7-6-18(11)15-5-2-13(16)8-12(15)9-17-14-3-4-14/h2,5,8,11,14,17H,3-4,6-7,9-10H2,1H3. The van der Waals surface area contributed by atoms with Crippen molar-refractivity contribution < 1.29 is 0 Å². The Labute approximate surface area is 124 Å². The zero-order valence-electron chi connectivity index (χ0n) is 11.4. The van der Waals surface area contributed by atoms with Crippen LogP contribution in [0.3, 0.4) is 0 Å². The minimum atomic E-state index is 0.611. The molecule has 2 fully saturated rings. The predicted octanol–water partition coefficient (Wildman–Crippen LogP) is 3.53. The molecule has 1 aromatic rings. The molecule has 1 heterocycles. The summed E-state index contributed by atoms with van der Waals surface area (Å²) < 4.78 is 0. The van der Waals surface area contributed by atoms with Gasteiger partial charge in [-0.25, -0.2) is 0 Å². The van der Waals surface area contributed by atoms with E-state index in [2.05, 4.69) is 41.0 Å². The maximum absolute atomic E-state index is 6.17. The van der Waals surface area contributed by atoms with Gasteiger partial charge in [-0.2, -0.15) is 11.8 Å². The third kappa shape index (κ3) is 3.39. The third-order valence-corrected chi connectivity index (χ3v) is 5.30. The lowest BCUT2D eigenvalue weighted by molar-refractivity contribution is 0.666. The van der Waals surface area contributed by atoms with Crippen LogP contribution in [-0.2, 0) is 6.54 Å². The second-order valence-electron chi connectivity index (χ2n) is 5.55. The first-order valence-corrected chi connectivity index (χ1v) is 8.63. The summed E-state index contributed by atoms with van der Waals surface area (Å²) in [5.74, 6) is 2.45. The van der Waals surface area contributed by atoms with Crippen molar-refractivity contribution >= 4 is 29.1 Å². The molecule has 1 aliphatic heterocycles. The van der Waals surface area contributed by atoms with Gasteiger partial charge in [0.15, 0.2) is 0 Å². The molecule has 1 aliphatic carbocycles. The molecule has 0 radical (unpaired) electrons. The quantitative estimate of drug-likeness (QED) is 0.915. The summed E-state index contributed by atoms with van der Waals surface area (Å²) in [5.41, 5.74) is 2.71. The van der Waals surface area contributed by atoms with Gasteiger partial charge in [-0.05, 0) is 43.5 Å². The number of hydrogen-bond donors (Lipinski definition) is 1. The monoisotopic (exact) mass is 296 g/mol. The van der Waals surface area contributed by atoms with Crippen molar-refractivity contribution in [3.05, 3.63) is 28.8 Å². The topological polar surface area (TPSA) is 15.3 Å². The molecular weight excluding hydrogens is 276 g/mol. The number of halogens is 1. The maximum atomic E-state index is 6.17. The minimum absolute atomic E-state index is 0.611. The summed E-state index contributed by atoms with van der Waals surface area (Å²) in [6.07, 6.45) is 2.65. The molecule has 1 N–H and O–H groups in total. The van der Waals surface area contributed by atoms with E-state index in [4.69, 9.17) is 11.6 Å². The molecule has 4 heteroatoms. The molecule has 1 saturated heterocycles. The lowest BCUT2D eigenvalue weighted by atomic mass is 10.1. The van der Waals surface area contributed by atoms with Crippen LogP contribution in [0.1, 0.15) is 25.3 Å². The highest BCUT2D eigenvalue weighted by atomic mass is 35.5. The molecule has 0 aromatic heterocycles. The first kappa shape index (κ1) is 13.6. The smallest absolute Gasteiger partial charge is 0.0415 e. The van der Waals surface area contributed by atoms with Crippen LogP contribution >= 0.6 is 23.4 Å². The number of nitrogens with zero attached hydrogens (tertiary/aromatic N) is 1. The zero-order valence-corrected chi connectivity index (χ0v) is 12.9. The van der Waals surface area contributed by atoms with Crippen LogP contribution < -0.4 is 10.2 Å². The fourth-order valence-electron chi connectivity index (χ4n) is 2.60. The van der Waals surface area contributed by atoms with Crippen LogP contribution in [0.2, 0.25) is 5.02 Å². The summed E-state index contributed by atoms with van der Waals surface area (Å²) in [4.78, 5) is 2.54. The van der Waals surface area contributed by atoms with Crippen molar-refractivity contribution in [3.63, 3.8) is 0 Å². The Kier molecular flexibility index (Phi) is 4.25. The Balaban J connectivity index is 1.80. The molecule has 19 heavy (non-hydrogen) atoms. The number of hydrogen-bond acceptors (Lipinski definition) is 3. The Morgan fingerprint density at radius 1 is 1.42 bits per heavy atom. The normalized spacial score (nSPS) is 23.7. The lowest BCUT2D eigenvalue weighted by Gasteiger charge is -2.36. The van der Waals surface area contributed by atoms with E-state index >= 15 is 0 Å². The number of nitrogens with one attached hydrogen (secondary N) is 1. The molecular formula is C15H21ClN2S. The first-order chi connectivity index (χ1) is 9.24. The van der Waals surface area contributed by atoms with Crippen molar-refractivity contribution in [1.82, 2.24) is 5.32 Å². The summed E-state index contributed by atoms with van der Waals surface area (Å²) in [5, 5.41) is 4.45. The van der Waals surface area contributed by atoms with E-state index in [0.717, 1.165) is 24.2 Å². The Morgan fingerprint density at radius 3 is 3.00 bits per heavy atom. The summed E-state index contributed by atoms with van der Waals surface area (Å²) in [6, 6.07) is 7.69. The largest absolute Gasteiger partial charge is 0.367 e. The van der Waals surface area contributed by atoms with Gasteiger partial charge in [0.25, 0.3) is 0 Å². The summed E-state index contributed by atoms with van der Waals surface area (Å²) in [6.45, 7) is 4.40. The van der Waals surface area contributed by atoms with Crippen LogP contribution in [0.15, 0.2) is 18.2 Å². The van der Waals surface area contributed by atoms with Gasteiger partial charge in [0.1, 0.15) is 0 Å². The van der Waals surface area contributed by atoms with Gasteiger partial charge in [-0.15, -0.1) is 0 Å². The van der Waals surface area contributed by atoms with Crippen molar-refractivity contribution in [2.24, 2.45) is 0 Å². The highest BCUT2D eigenvalue weighted by Crippen LogP contribution is 2.30. The highest BCUT2D eigenvalue weighted by Gasteiger charge is 2.23. The maximum Gasteiger partial charge on any atom is 0.0415 e. The van der Waals surface area contributed by atoms with Crippen LogP contribution in [0.25, 0.3) is 0 Å². The van der Waals surface area contributed by atoms with Gasteiger partial charge in [-0.3, -0.25) is 0 Å². The number of benzene rings is 1. The van der Waals surface area contributed by atoms with Crippen LogP contribution in [-0.4, -0.2) is 30.1 Å². The second-order valence-corrected chi connectivity index (χ2v) is 7.13. The van der Waals surface area contributed by atoms with Crippen molar-refractivity contribution in [2.45, 2.75) is 38.4 Å². The number of thioether (sulfide) groups is 1. The Morgan fingerprint density at radius 2 is 2.26 bits per heavy atom. The van der Waals surface area contributed by atoms with Gasteiger partial charge in [0, 0.05) is 47.4 Å². The molecule has 104 valence electrons. The second kappa shape index (κ2) is 5.94. The number of rotatable bonds is 4. The van der Waals surface area contributed by atoms with Gasteiger partial charge < -0.3 is 10.2 Å². The molecule has 2 nitrogen and oxygen atoms in total. The molecule has 0 spiro atoms. The molecule has 0 bridgehead atoms. The zero-order chi connectivity index (χ0) is 13.2. The average molecular weight is 297 g/mol. The fraction of sp³-hybridized carbons (Fsp3) is 0.600. The Bertz CT molecular complexity index is 448.